The molecule has 7 heteroatoms. The molecule has 0 aromatic rings. The van der Waals surface area contributed by atoms with Crippen molar-refractivity contribution >= 4 is 12.0 Å². The Bertz CT molecular complexity index is 341. The lowest BCUT2D eigenvalue weighted by molar-refractivity contribution is -0.137. The SMILES string of the molecule is O=C(O)CC(NC(=O)NCCN1CCOCC1)C1CC1. The normalized spacial score (nSPS) is 21.2. The highest BCUT2D eigenvalue weighted by Crippen LogP contribution is 2.33. The Morgan fingerprint density at radius 2 is 2.00 bits per heavy atom. The predicted octanol–water partition coefficient (Wildman–Crippen LogP) is -0.129. The number of ether oxygens (including phenoxy) is 1. The van der Waals surface area contributed by atoms with Gasteiger partial charge >= 0.3 is 12.0 Å². The molecule has 0 aromatic heterocycles. The minimum Gasteiger partial charge on any atom is -0.481 e. The summed E-state index contributed by atoms with van der Waals surface area (Å²) >= 11 is 0. The predicted molar refractivity (Wildman–Crippen MR) is 72.6 cm³/mol. The summed E-state index contributed by atoms with van der Waals surface area (Å²) < 4.78 is 5.25. The summed E-state index contributed by atoms with van der Waals surface area (Å²) in [5.41, 5.74) is 0. The number of carboxylic acid groups (broad SMARTS) is 1. The van der Waals surface area contributed by atoms with Gasteiger partial charge in [-0.3, -0.25) is 9.69 Å². The molecule has 0 aromatic carbocycles. The van der Waals surface area contributed by atoms with Gasteiger partial charge in [-0.1, -0.05) is 0 Å². The van der Waals surface area contributed by atoms with Crippen LogP contribution in [-0.2, 0) is 9.53 Å². The molecule has 2 rings (SSSR count). The molecule has 114 valence electrons. The lowest BCUT2D eigenvalue weighted by atomic mass is 10.1. The highest BCUT2D eigenvalue weighted by Gasteiger charge is 2.33. The molecule has 0 spiro atoms. The second kappa shape index (κ2) is 7.44. The summed E-state index contributed by atoms with van der Waals surface area (Å²) in [4.78, 5) is 24.7. The van der Waals surface area contributed by atoms with Gasteiger partial charge in [-0.25, -0.2) is 4.79 Å². The van der Waals surface area contributed by atoms with E-state index in [2.05, 4.69) is 15.5 Å². The van der Waals surface area contributed by atoms with Crippen molar-refractivity contribution in [3.8, 4) is 0 Å². The number of carbonyl (C=O) groups excluding carboxylic acids is 1. The lowest BCUT2D eigenvalue weighted by Crippen LogP contribution is -2.47. The zero-order valence-electron chi connectivity index (χ0n) is 11.6. The summed E-state index contributed by atoms with van der Waals surface area (Å²) in [5, 5.41) is 14.4. The van der Waals surface area contributed by atoms with Crippen LogP contribution in [-0.4, -0.2) is 67.4 Å². The summed E-state index contributed by atoms with van der Waals surface area (Å²) in [6, 6.07) is -0.507. The minimum atomic E-state index is -0.865. The first-order chi connectivity index (χ1) is 9.65. The topological polar surface area (TPSA) is 90.9 Å². The van der Waals surface area contributed by atoms with Crippen LogP contribution in [0, 0.1) is 5.92 Å². The molecule has 3 N–H and O–H groups in total. The molecule has 2 aliphatic rings. The third-order valence-corrected chi connectivity index (χ3v) is 3.72. The molecule has 1 heterocycles. The van der Waals surface area contributed by atoms with Gasteiger partial charge in [0.15, 0.2) is 0 Å². The molecular formula is C13H23N3O4. The van der Waals surface area contributed by atoms with E-state index in [1.54, 1.807) is 0 Å². The van der Waals surface area contributed by atoms with E-state index >= 15 is 0 Å². The van der Waals surface area contributed by atoms with Gasteiger partial charge < -0.3 is 20.5 Å². The quantitative estimate of drug-likeness (QED) is 0.606. The van der Waals surface area contributed by atoms with Gasteiger partial charge in [0.1, 0.15) is 0 Å². The number of hydrogen-bond acceptors (Lipinski definition) is 4. The summed E-state index contributed by atoms with van der Waals surface area (Å²) in [7, 11) is 0. The molecule has 2 fully saturated rings. The van der Waals surface area contributed by atoms with E-state index in [0.717, 1.165) is 45.7 Å². The Morgan fingerprint density at radius 3 is 2.60 bits per heavy atom. The molecule has 1 aliphatic carbocycles. The number of nitrogens with one attached hydrogen (secondary N) is 2. The van der Waals surface area contributed by atoms with Crippen molar-refractivity contribution in [2.75, 3.05) is 39.4 Å². The van der Waals surface area contributed by atoms with E-state index in [4.69, 9.17) is 9.84 Å². The molecule has 0 radical (unpaired) electrons. The fourth-order valence-electron chi connectivity index (χ4n) is 2.39. The first kappa shape index (κ1) is 15.1. The molecule has 1 saturated carbocycles. The fraction of sp³-hybridized carbons (Fsp3) is 0.846. The van der Waals surface area contributed by atoms with E-state index < -0.39 is 5.97 Å². The number of morpholine rings is 1. The van der Waals surface area contributed by atoms with Gasteiger partial charge in [-0.2, -0.15) is 0 Å². The zero-order chi connectivity index (χ0) is 14.4. The van der Waals surface area contributed by atoms with Crippen LogP contribution < -0.4 is 10.6 Å². The highest BCUT2D eigenvalue weighted by atomic mass is 16.5. The molecule has 1 saturated heterocycles. The maximum absolute atomic E-state index is 11.8. The van der Waals surface area contributed by atoms with Crippen LogP contribution in [0.3, 0.4) is 0 Å². The number of rotatable bonds is 7. The summed E-state index contributed by atoms with van der Waals surface area (Å²) in [5.74, 6) is -0.536. The third kappa shape index (κ3) is 5.34. The number of aliphatic carboxylic acids is 1. The summed E-state index contributed by atoms with van der Waals surface area (Å²) in [6.07, 6.45) is 2.01. The van der Waals surface area contributed by atoms with E-state index in [1.807, 2.05) is 0 Å². The van der Waals surface area contributed by atoms with Crippen molar-refractivity contribution < 1.29 is 19.4 Å². The van der Waals surface area contributed by atoms with Crippen molar-refractivity contribution in [2.24, 2.45) is 5.92 Å². The molecule has 1 aliphatic heterocycles. The number of urea groups is 1. The number of hydrogen-bond donors (Lipinski definition) is 3. The lowest BCUT2D eigenvalue weighted by Gasteiger charge is -2.26. The number of carboxylic acids is 1. The van der Waals surface area contributed by atoms with E-state index in [-0.39, 0.29) is 18.5 Å². The second-order valence-electron chi connectivity index (χ2n) is 5.40. The van der Waals surface area contributed by atoms with Gasteiger partial charge in [-0.05, 0) is 18.8 Å². The Morgan fingerprint density at radius 1 is 1.30 bits per heavy atom. The Labute approximate surface area is 118 Å². The Kier molecular flexibility index (Phi) is 5.60. The van der Waals surface area contributed by atoms with Gasteiger partial charge in [0.25, 0.3) is 0 Å². The van der Waals surface area contributed by atoms with Crippen LogP contribution >= 0.6 is 0 Å². The maximum atomic E-state index is 11.8. The second-order valence-corrected chi connectivity index (χ2v) is 5.40. The molecular weight excluding hydrogens is 262 g/mol. The van der Waals surface area contributed by atoms with Crippen molar-refractivity contribution in [3.05, 3.63) is 0 Å². The molecule has 0 bridgehead atoms. The maximum Gasteiger partial charge on any atom is 0.315 e. The molecule has 20 heavy (non-hydrogen) atoms. The van der Waals surface area contributed by atoms with Crippen molar-refractivity contribution in [1.82, 2.24) is 15.5 Å². The highest BCUT2D eigenvalue weighted by molar-refractivity contribution is 5.75. The largest absolute Gasteiger partial charge is 0.481 e. The Balaban J connectivity index is 1.62. The third-order valence-electron chi connectivity index (χ3n) is 3.72. The van der Waals surface area contributed by atoms with Crippen molar-refractivity contribution in [3.63, 3.8) is 0 Å². The fourth-order valence-corrected chi connectivity index (χ4v) is 2.39. The Hall–Kier alpha value is -1.34. The van der Waals surface area contributed by atoms with Crippen LogP contribution in [0.1, 0.15) is 19.3 Å². The molecule has 7 nitrogen and oxygen atoms in total. The molecule has 2 amide bonds. The average Bonchev–Trinajstić information content (AvgIpc) is 3.23. The smallest absolute Gasteiger partial charge is 0.315 e. The number of nitrogens with zero attached hydrogens (tertiary/aromatic N) is 1. The van der Waals surface area contributed by atoms with Gasteiger partial charge in [0, 0.05) is 32.2 Å². The van der Waals surface area contributed by atoms with Crippen LogP contribution in [0.5, 0.6) is 0 Å². The van der Waals surface area contributed by atoms with Crippen LogP contribution in [0.4, 0.5) is 4.79 Å². The summed E-state index contributed by atoms with van der Waals surface area (Å²) in [6.45, 7) is 4.64. The van der Waals surface area contributed by atoms with Gasteiger partial charge in [0.2, 0.25) is 0 Å². The van der Waals surface area contributed by atoms with E-state index in [9.17, 15) is 9.59 Å². The van der Waals surface area contributed by atoms with Crippen LogP contribution in [0.15, 0.2) is 0 Å². The minimum absolute atomic E-state index is 0.00154. The van der Waals surface area contributed by atoms with Gasteiger partial charge in [-0.15, -0.1) is 0 Å². The van der Waals surface area contributed by atoms with Crippen molar-refractivity contribution in [1.29, 1.82) is 0 Å². The zero-order valence-corrected chi connectivity index (χ0v) is 11.6. The van der Waals surface area contributed by atoms with E-state index in [0.29, 0.717) is 12.5 Å². The average molecular weight is 285 g/mol. The number of carbonyl (C=O) groups is 2. The van der Waals surface area contributed by atoms with Crippen LogP contribution in [0.2, 0.25) is 0 Å². The van der Waals surface area contributed by atoms with Gasteiger partial charge in [0.05, 0.1) is 19.6 Å². The first-order valence-corrected chi connectivity index (χ1v) is 7.21. The molecule has 1 unspecified atom stereocenters. The van der Waals surface area contributed by atoms with Crippen LogP contribution in [0.25, 0.3) is 0 Å². The first-order valence-electron chi connectivity index (χ1n) is 7.21. The monoisotopic (exact) mass is 285 g/mol. The standard InChI is InChI=1S/C13H23N3O4/c17-12(18)9-11(10-1-2-10)15-13(19)14-3-4-16-5-7-20-8-6-16/h10-11H,1-9H2,(H,17,18)(H2,14,15,19). The van der Waals surface area contributed by atoms with E-state index in [1.165, 1.54) is 0 Å². The molecule has 1 atom stereocenters. The number of amides is 2. The van der Waals surface area contributed by atoms with Crippen molar-refractivity contribution in [2.45, 2.75) is 25.3 Å².